The molecule has 8 heteroatoms. The molecule has 2 N–H and O–H groups in total. The zero-order valence-corrected chi connectivity index (χ0v) is 15.7. The van der Waals surface area contributed by atoms with Crippen molar-refractivity contribution in [3.63, 3.8) is 0 Å². The molecule has 0 unspecified atom stereocenters. The maximum absolute atomic E-state index is 13.6. The SMILES string of the molecule is COC(=O)c1cccc(NC(=O)c2ccc(NCCc3ccccc3F)nn2)c1. The molecule has 3 aromatic rings. The van der Waals surface area contributed by atoms with E-state index in [1.807, 2.05) is 0 Å². The Kier molecular flexibility index (Phi) is 6.47. The minimum atomic E-state index is -0.494. The smallest absolute Gasteiger partial charge is 0.337 e. The first-order chi connectivity index (χ1) is 14.1. The van der Waals surface area contributed by atoms with Gasteiger partial charge in [0.15, 0.2) is 5.69 Å². The molecule has 1 aromatic heterocycles. The van der Waals surface area contributed by atoms with Gasteiger partial charge in [-0.15, -0.1) is 10.2 Å². The monoisotopic (exact) mass is 394 g/mol. The number of nitrogens with one attached hydrogen (secondary N) is 2. The molecular formula is C21H19FN4O3. The Morgan fingerprint density at radius 3 is 2.59 bits per heavy atom. The number of amides is 1. The lowest BCUT2D eigenvalue weighted by molar-refractivity contribution is 0.0600. The summed E-state index contributed by atoms with van der Waals surface area (Å²) in [5, 5.41) is 13.6. The molecule has 1 amide bonds. The molecule has 7 nitrogen and oxygen atoms in total. The molecule has 0 spiro atoms. The molecule has 0 atom stereocenters. The van der Waals surface area contributed by atoms with Crippen LogP contribution in [0.2, 0.25) is 0 Å². The third-order valence-corrected chi connectivity index (χ3v) is 4.10. The molecule has 1 heterocycles. The third kappa shape index (κ3) is 5.35. The Labute approximate surface area is 166 Å². The number of benzene rings is 2. The van der Waals surface area contributed by atoms with Gasteiger partial charge in [-0.2, -0.15) is 0 Å². The molecule has 0 fully saturated rings. The predicted octanol–water partition coefficient (Wildman–Crippen LogP) is 3.31. The lowest BCUT2D eigenvalue weighted by Crippen LogP contribution is -2.15. The van der Waals surface area contributed by atoms with E-state index in [1.165, 1.54) is 25.3 Å². The fourth-order valence-electron chi connectivity index (χ4n) is 2.61. The van der Waals surface area contributed by atoms with Crippen molar-refractivity contribution in [1.82, 2.24) is 10.2 Å². The number of aromatic nitrogens is 2. The molecule has 0 saturated carbocycles. The van der Waals surface area contributed by atoms with Gasteiger partial charge in [-0.05, 0) is 48.4 Å². The number of rotatable bonds is 7. The largest absolute Gasteiger partial charge is 0.465 e. The van der Waals surface area contributed by atoms with Crippen molar-refractivity contribution in [3.8, 4) is 0 Å². The van der Waals surface area contributed by atoms with E-state index in [0.717, 1.165) is 0 Å². The first-order valence-electron chi connectivity index (χ1n) is 8.87. The highest BCUT2D eigenvalue weighted by molar-refractivity contribution is 6.03. The van der Waals surface area contributed by atoms with Gasteiger partial charge in [0.05, 0.1) is 12.7 Å². The first-order valence-corrected chi connectivity index (χ1v) is 8.87. The van der Waals surface area contributed by atoms with E-state index in [2.05, 4.69) is 25.6 Å². The molecule has 0 saturated heterocycles. The van der Waals surface area contributed by atoms with Crippen LogP contribution >= 0.6 is 0 Å². The molecule has 29 heavy (non-hydrogen) atoms. The van der Waals surface area contributed by atoms with Gasteiger partial charge in [-0.1, -0.05) is 24.3 Å². The summed E-state index contributed by atoms with van der Waals surface area (Å²) in [6.07, 6.45) is 0.493. The van der Waals surface area contributed by atoms with E-state index < -0.39 is 11.9 Å². The number of esters is 1. The van der Waals surface area contributed by atoms with Gasteiger partial charge in [0.1, 0.15) is 11.6 Å². The topological polar surface area (TPSA) is 93.2 Å². The Bertz CT molecular complexity index is 1010. The van der Waals surface area contributed by atoms with Crippen molar-refractivity contribution >= 4 is 23.4 Å². The number of anilines is 2. The maximum atomic E-state index is 13.6. The highest BCUT2D eigenvalue weighted by Gasteiger charge is 2.11. The second kappa shape index (κ2) is 9.41. The summed E-state index contributed by atoms with van der Waals surface area (Å²) < 4.78 is 18.3. The van der Waals surface area contributed by atoms with Crippen LogP contribution in [0.25, 0.3) is 0 Å². The summed E-state index contributed by atoms with van der Waals surface area (Å²) in [7, 11) is 1.29. The van der Waals surface area contributed by atoms with E-state index in [-0.39, 0.29) is 11.5 Å². The lowest BCUT2D eigenvalue weighted by Gasteiger charge is -2.08. The molecule has 0 aliphatic heterocycles. The van der Waals surface area contributed by atoms with Crippen LogP contribution in [0.1, 0.15) is 26.4 Å². The van der Waals surface area contributed by atoms with Gasteiger partial charge in [0, 0.05) is 12.2 Å². The summed E-state index contributed by atoms with van der Waals surface area (Å²) in [4.78, 5) is 23.9. The molecule has 0 bridgehead atoms. The van der Waals surface area contributed by atoms with Crippen LogP contribution < -0.4 is 10.6 Å². The van der Waals surface area contributed by atoms with Gasteiger partial charge < -0.3 is 15.4 Å². The average molecular weight is 394 g/mol. The third-order valence-electron chi connectivity index (χ3n) is 4.10. The second-order valence-electron chi connectivity index (χ2n) is 6.10. The number of hydrogen-bond acceptors (Lipinski definition) is 6. The number of methoxy groups -OCH3 is 1. The highest BCUT2D eigenvalue weighted by Crippen LogP contribution is 2.13. The van der Waals surface area contributed by atoms with E-state index >= 15 is 0 Å². The van der Waals surface area contributed by atoms with Crippen LogP contribution in [0.4, 0.5) is 15.9 Å². The Morgan fingerprint density at radius 2 is 1.86 bits per heavy atom. The lowest BCUT2D eigenvalue weighted by atomic mass is 10.1. The zero-order valence-electron chi connectivity index (χ0n) is 15.7. The van der Waals surface area contributed by atoms with Gasteiger partial charge in [-0.3, -0.25) is 4.79 Å². The molecule has 0 radical (unpaired) electrons. The summed E-state index contributed by atoms with van der Waals surface area (Å²) in [5.74, 6) is -0.724. The zero-order chi connectivity index (χ0) is 20.6. The number of hydrogen-bond donors (Lipinski definition) is 2. The highest BCUT2D eigenvalue weighted by atomic mass is 19.1. The van der Waals surface area contributed by atoms with Crippen molar-refractivity contribution in [2.45, 2.75) is 6.42 Å². The summed E-state index contributed by atoms with van der Waals surface area (Å²) in [6, 6.07) is 16.1. The Morgan fingerprint density at radius 1 is 1.03 bits per heavy atom. The number of ether oxygens (including phenoxy) is 1. The Balaban J connectivity index is 1.56. The first kappa shape index (κ1) is 19.9. The Hall–Kier alpha value is -3.81. The van der Waals surface area contributed by atoms with Crippen molar-refractivity contribution in [2.24, 2.45) is 0 Å². The summed E-state index contributed by atoms with van der Waals surface area (Å²) in [5.41, 5.74) is 1.49. The van der Waals surface area contributed by atoms with Crippen LogP contribution in [-0.2, 0) is 11.2 Å². The summed E-state index contributed by atoms with van der Waals surface area (Å²) >= 11 is 0. The van der Waals surface area contributed by atoms with Gasteiger partial charge in [0.25, 0.3) is 5.91 Å². The van der Waals surface area contributed by atoms with Crippen molar-refractivity contribution in [2.75, 3.05) is 24.3 Å². The van der Waals surface area contributed by atoms with E-state index in [9.17, 15) is 14.0 Å². The van der Waals surface area contributed by atoms with E-state index in [1.54, 1.807) is 42.5 Å². The van der Waals surface area contributed by atoms with Crippen LogP contribution in [0.15, 0.2) is 60.7 Å². The van der Waals surface area contributed by atoms with Crippen molar-refractivity contribution in [1.29, 1.82) is 0 Å². The normalized spacial score (nSPS) is 10.3. The second-order valence-corrected chi connectivity index (χ2v) is 6.10. The fourth-order valence-corrected chi connectivity index (χ4v) is 2.61. The van der Waals surface area contributed by atoms with Gasteiger partial charge in [0.2, 0.25) is 0 Å². The summed E-state index contributed by atoms with van der Waals surface area (Å²) in [6.45, 7) is 0.474. The van der Waals surface area contributed by atoms with Crippen LogP contribution in [-0.4, -0.2) is 35.7 Å². The molecule has 0 aliphatic rings. The van der Waals surface area contributed by atoms with Crippen molar-refractivity contribution < 1.29 is 18.7 Å². The fraction of sp³-hybridized carbons (Fsp3) is 0.143. The molecule has 3 rings (SSSR count). The minimum absolute atomic E-state index is 0.119. The maximum Gasteiger partial charge on any atom is 0.337 e. The molecular weight excluding hydrogens is 375 g/mol. The predicted molar refractivity (Wildman–Crippen MR) is 106 cm³/mol. The number of halogens is 1. The number of carbonyl (C=O) groups excluding carboxylic acids is 2. The van der Waals surface area contributed by atoms with Crippen LogP contribution in [0.3, 0.4) is 0 Å². The number of carbonyl (C=O) groups is 2. The van der Waals surface area contributed by atoms with Gasteiger partial charge >= 0.3 is 5.97 Å². The number of nitrogens with zero attached hydrogens (tertiary/aromatic N) is 2. The van der Waals surface area contributed by atoms with Crippen LogP contribution in [0, 0.1) is 5.82 Å². The van der Waals surface area contributed by atoms with Crippen LogP contribution in [0.5, 0.6) is 0 Å². The quantitative estimate of drug-likeness (QED) is 0.597. The molecule has 2 aromatic carbocycles. The average Bonchev–Trinajstić information content (AvgIpc) is 2.75. The molecule has 148 valence electrons. The van der Waals surface area contributed by atoms with E-state index in [0.29, 0.717) is 35.6 Å². The standard InChI is InChI=1S/C21H19FN4O3/c1-29-21(28)15-6-4-7-16(13-15)24-20(27)18-9-10-19(26-25-18)23-12-11-14-5-2-3-8-17(14)22/h2-10,13H,11-12H2,1H3,(H,23,26)(H,24,27). The minimum Gasteiger partial charge on any atom is -0.465 e. The molecule has 0 aliphatic carbocycles. The van der Waals surface area contributed by atoms with Crippen molar-refractivity contribution in [3.05, 3.63) is 83.3 Å². The van der Waals surface area contributed by atoms with E-state index in [4.69, 9.17) is 0 Å². The van der Waals surface area contributed by atoms with Gasteiger partial charge in [-0.25, -0.2) is 9.18 Å².